The van der Waals surface area contributed by atoms with Crippen molar-refractivity contribution in [2.75, 3.05) is 31.5 Å². The van der Waals surface area contributed by atoms with Crippen LogP contribution in [0.3, 0.4) is 0 Å². The third-order valence-corrected chi connectivity index (χ3v) is 4.71. The van der Waals surface area contributed by atoms with Crippen LogP contribution >= 0.6 is 0 Å². The van der Waals surface area contributed by atoms with E-state index in [1.807, 2.05) is 45.0 Å². The molecule has 0 fully saturated rings. The molecule has 0 saturated heterocycles. The predicted octanol–water partition coefficient (Wildman–Crippen LogP) is 3.26. The van der Waals surface area contributed by atoms with Crippen LogP contribution in [0.5, 0.6) is 0 Å². The molecular weight excluding hydrogens is 316 g/mol. The molecule has 1 aliphatic rings. The molecule has 1 aliphatic carbocycles. The zero-order valence-corrected chi connectivity index (χ0v) is 15.2. The molecular formula is C19H28N4O2. The van der Waals surface area contributed by atoms with Crippen LogP contribution in [0, 0.1) is 10.6 Å². The zero-order chi connectivity index (χ0) is 18.4. The summed E-state index contributed by atoms with van der Waals surface area (Å²) in [7, 11) is 0. The molecule has 6 nitrogen and oxygen atoms in total. The number of likely N-dealkylation sites (N-methyl/N-ethyl adjacent to an activating group) is 1. The summed E-state index contributed by atoms with van der Waals surface area (Å²) in [6.07, 6.45) is 1.50. The van der Waals surface area contributed by atoms with E-state index in [1.165, 1.54) is 0 Å². The van der Waals surface area contributed by atoms with Crippen LogP contribution in [0.15, 0.2) is 40.9 Å². The Kier molecular flexibility index (Phi) is 6.47. The summed E-state index contributed by atoms with van der Waals surface area (Å²) in [5.74, 6) is 0. The molecule has 1 aromatic carbocycles. The highest BCUT2D eigenvalue weighted by Gasteiger charge is 2.19. The largest absolute Gasteiger partial charge is 0.633 e. The second-order valence-electron chi connectivity index (χ2n) is 6.47. The van der Waals surface area contributed by atoms with Crippen LogP contribution in [0.2, 0.25) is 0 Å². The Labute approximate surface area is 149 Å². The third kappa shape index (κ3) is 5.22. The van der Waals surface area contributed by atoms with Gasteiger partial charge in [-0.2, -0.15) is 0 Å². The number of aliphatic imine (C=N–C) groups is 1. The van der Waals surface area contributed by atoms with Crippen molar-refractivity contribution in [1.82, 2.24) is 0 Å². The van der Waals surface area contributed by atoms with Gasteiger partial charge < -0.3 is 25.7 Å². The summed E-state index contributed by atoms with van der Waals surface area (Å²) >= 11 is 0. The molecule has 1 atom stereocenters. The normalized spacial score (nSPS) is 19.9. The van der Waals surface area contributed by atoms with Gasteiger partial charge in [-0.05, 0) is 56.7 Å². The van der Waals surface area contributed by atoms with Crippen molar-refractivity contribution in [2.45, 2.75) is 33.3 Å². The maximum atomic E-state index is 12.2. The van der Waals surface area contributed by atoms with Crippen molar-refractivity contribution in [2.24, 2.45) is 4.99 Å². The van der Waals surface area contributed by atoms with Crippen molar-refractivity contribution in [3.05, 3.63) is 41.1 Å². The smallest absolute Gasteiger partial charge is 0.0959 e. The highest BCUT2D eigenvalue weighted by atomic mass is 16.5. The number of hydrogen-bond acceptors (Lipinski definition) is 5. The molecule has 25 heavy (non-hydrogen) atoms. The summed E-state index contributed by atoms with van der Waals surface area (Å²) in [4.78, 5) is 4.49. The maximum absolute atomic E-state index is 12.2. The Balaban J connectivity index is 1.98. The second kappa shape index (κ2) is 8.38. The van der Waals surface area contributed by atoms with Crippen molar-refractivity contribution in [3.63, 3.8) is 0 Å². The number of nitrogens with one attached hydrogen (secondary N) is 2. The van der Waals surface area contributed by atoms with Crippen molar-refractivity contribution >= 4 is 22.8 Å². The second-order valence-corrected chi connectivity index (χ2v) is 6.47. The minimum atomic E-state index is -0.573. The van der Waals surface area contributed by atoms with Gasteiger partial charge in [0, 0.05) is 12.1 Å². The van der Waals surface area contributed by atoms with E-state index >= 15 is 0 Å². The fourth-order valence-corrected chi connectivity index (χ4v) is 2.69. The van der Waals surface area contributed by atoms with Crippen LogP contribution in [-0.4, -0.2) is 53.5 Å². The molecule has 2 rings (SSSR count). The third-order valence-electron chi connectivity index (χ3n) is 4.71. The lowest BCUT2D eigenvalue weighted by Crippen LogP contribution is -2.44. The maximum Gasteiger partial charge on any atom is 0.0959 e. The monoisotopic (exact) mass is 344 g/mol. The first-order valence-corrected chi connectivity index (χ1v) is 8.80. The Bertz CT molecular complexity index is 661. The average molecular weight is 344 g/mol. The van der Waals surface area contributed by atoms with E-state index in [4.69, 9.17) is 5.41 Å². The van der Waals surface area contributed by atoms with Crippen molar-refractivity contribution < 1.29 is 9.75 Å². The Hall–Kier alpha value is -2.02. The number of quaternary nitrogens is 1. The molecule has 0 heterocycles. The molecule has 1 unspecified atom stereocenters. The van der Waals surface area contributed by atoms with Gasteiger partial charge in [-0.25, -0.2) is 4.99 Å². The quantitative estimate of drug-likeness (QED) is 0.524. The lowest BCUT2D eigenvalue weighted by molar-refractivity contribution is -0.875. The van der Waals surface area contributed by atoms with Gasteiger partial charge in [0.1, 0.15) is 0 Å². The first kappa shape index (κ1) is 19.3. The number of hydroxylamine groups is 3. The molecule has 0 aliphatic heterocycles. The number of hydrogen-bond donors (Lipinski definition) is 3. The molecule has 0 amide bonds. The Morgan fingerprint density at radius 1 is 1.28 bits per heavy atom. The number of allylic oxidation sites excluding steroid dienone is 1. The lowest BCUT2D eigenvalue weighted by Gasteiger charge is -2.41. The van der Waals surface area contributed by atoms with Gasteiger partial charge in [0.15, 0.2) is 0 Å². The van der Waals surface area contributed by atoms with Gasteiger partial charge >= 0.3 is 0 Å². The van der Waals surface area contributed by atoms with Gasteiger partial charge in [0.2, 0.25) is 0 Å². The highest BCUT2D eigenvalue weighted by Crippen LogP contribution is 2.20. The van der Waals surface area contributed by atoms with E-state index in [0.29, 0.717) is 44.0 Å². The van der Waals surface area contributed by atoms with E-state index in [-0.39, 0.29) is 4.65 Å². The molecule has 0 bridgehead atoms. The molecule has 0 radical (unpaired) electrons. The van der Waals surface area contributed by atoms with Crippen LogP contribution in [-0.2, 0) is 0 Å². The minimum Gasteiger partial charge on any atom is -0.633 e. The summed E-state index contributed by atoms with van der Waals surface area (Å²) in [5.41, 5.74) is 3.50. The Morgan fingerprint density at radius 2 is 1.92 bits per heavy atom. The van der Waals surface area contributed by atoms with Gasteiger partial charge in [-0.3, -0.25) is 0 Å². The molecule has 0 saturated carbocycles. The first-order valence-electron chi connectivity index (χ1n) is 8.80. The van der Waals surface area contributed by atoms with E-state index in [9.17, 15) is 10.3 Å². The average Bonchev–Trinajstić information content (AvgIpc) is 2.61. The van der Waals surface area contributed by atoms with Gasteiger partial charge in [0.05, 0.1) is 49.4 Å². The van der Waals surface area contributed by atoms with E-state index in [2.05, 4.69) is 10.3 Å². The number of nitrogens with zero attached hydrogens (tertiary/aromatic N) is 2. The number of aliphatic hydroxyl groups excluding tert-OH is 1. The summed E-state index contributed by atoms with van der Waals surface area (Å²) < 4.78 is -0.182. The van der Waals surface area contributed by atoms with Crippen LogP contribution in [0.1, 0.15) is 27.2 Å². The molecule has 6 heteroatoms. The Morgan fingerprint density at radius 3 is 2.52 bits per heavy atom. The number of aliphatic hydroxyl groups is 1. The van der Waals surface area contributed by atoms with Crippen molar-refractivity contribution in [3.8, 4) is 0 Å². The van der Waals surface area contributed by atoms with E-state index < -0.39 is 6.10 Å². The number of anilines is 1. The predicted molar refractivity (Wildman–Crippen MR) is 104 cm³/mol. The zero-order valence-electron chi connectivity index (χ0n) is 15.2. The fraction of sp³-hybridized carbons (Fsp3) is 0.474. The summed E-state index contributed by atoms with van der Waals surface area (Å²) in [5, 5.41) is 33.2. The van der Waals surface area contributed by atoms with E-state index in [0.717, 1.165) is 16.9 Å². The van der Waals surface area contributed by atoms with Crippen LogP contribution < -0.4 is 5.32 Å². The van der Waals surface area contributed by atoms with Crippen LogP contribution in [0.4, 0.5) is 11.4 Å². The van der Waals surface area contributed by atoms with Crippen LogP contribution in [0.25, 0.3) is 0 Å². The van der Waals surface area contributed by atoms with Gasteiger partial charge in [-0.15, -0.1) is 0 Å². The van der Waals surface area contributed by atoms with Gasteiger partial charge in [-0.1, -0.05) is 0 Å². The molecule has 1 aromatic rings. The fourth-order valence-electron chi connectivity index (χ4n) is 2.69. The molecule has 136 valence electrons. The SMILES string of the molecule is CC[N+]([O-])(CC)CCNc1ccc(N=C2C=C(C)C(O)CC2=N)cc1. The minimum absolute atomic E-state index is 0.182. The number of rotatable bonds is 7. The highest BCUT2D eigenvalue weighted by molar-refractivity contribution is 6.46. The summed E-state index contributed by atoms with van der Waals surface area (Å²) in [6, 6.07) is 7.62. The lowest BCUT2D eigenvalue weighted by atomic mass is 9.94. The molecule has 0 spiro atoms. The van der Waals surface area contributed by atoms with Crippen molar-refractivity contribution in [1.29, 1.82) is 5.41 Å². The van der Waals surface area contributed by atoms with Gasteiger partial charge in [0.25, 0.3) is 0 Å². The molecule has 0 aromatic heterocycles. The summed E-state index contributed by atoms with van der Waals surface area (Å²) in [6.45, 7) is 8.03. The number of benzene rings is 1. The van der Waals surface area contributed by atoms with E-state index in [1.54, 1.807) is 6.08 Å². The molecule has 3 N–H and O–H groups in total. The standard InChI is InChI=1S/C19H28N4O2/c1-4-23(25,5-2)11-10-21-15-6-8-16(9-7-15)22-18-12-14(3)19(24)13-17(18)20/h6-9,12,19-21,24H,4-5,10-11,13H2,1-3H3. The topological polar surface area (TPSA) is 91.5 Å². The first-order chi connectivity index (χ1) is 11.9.